The lowest BCUT2D eigenvalue weighted by Crippen LogP contribution is -1.98. The van der Waals surface area contributed by atoms with Gasteiger partial charge >= 0.3 is 5.97 Å². The third-order valence-electron chi connectivity index (χ3n) is 1.31. The summed E-state index contributed by atoms with van der Waals surface area (Å²) in [6, 6.07) is 0. The third-order valence-corrected chi connectivity index (χ3v) is 1.31. The number of methoxy groups -OCH3 is 1. The van der Waals surface area contributed by atoms with E-state index in [4.69, 9.17) is 10.2 Å². The summed E-state index contributed by atoms with van der Waals surface area (Å²) in [4.78, 5) is 10.5. The first kappa shape index (κ1) is 14.9. The minimum atomic E-state index is -0.125. The van der Waals surface area contributed by atoms with Crippen LogP contribution in [-0.4, -0.2) is 36.5 Å². The summed E-state index contributed by atoms with van der Waals surface area (Å²) >= 11 is 0. The summed E-state index contributed by atoms with van der Waals surface area (Å²) in [5.41, 5.74) is 0. The molecule has 0 aliphatic rings. The van der Waals surface area contributed by atoms with Gasteiger partial charge in [-0.1, -0.05) is 19.8 Å². The molecule has 0 aliphatic heterocycles. The van der Waals surface area contributed by atoms with Crippen molar-refractivity contribution in [1.29, 1.82) is 0 Å². The zero-order valence-corrected chi connectivity index (χ0v) is 8.45. The lowest BCUT2D eigenvalue weighted by atomic mass is 10.2. The minimum absolute atomic E-state index is 0.0940. The molecule has 0 rings (SSSR count). The quantitative estimate of drug-likeness (QED) is 0.497. The van der Waals surface area contributed by atoms with Crippen LogP contribution in [-0.2, 0) is 9.53 Å². The van der Waals surface area contributed by atoms with Crippen molar-refractivity contribution in [1.82, 2.24) is 0 Å². The monoisotopic (exact) mass is 192 g/mol. The lowest BCUT2D eigenvalue weighted by Gasteiger charge is -1.95. The van der Waals surface area contributed by atoms with Crippen LogP contribution in [0.3, 0.4) is 0 Å². The van der Waals surface area contributed by atoms with Crippen LogP contribution < -0.4 is 0 Å². The Morgan fingerprint density at radius 3 is 2.08 bits per heavy atom. The van der Waals surface area contributed by atoms with Gasteiger partial charge in [-0.05, 0) is 6.42 Å². The largest absolute Gasteiger partial charge is 0.469 e. The van der Waals surface area contributed by atoms with Gasteiger partial charge in [-0.25, -0.2) is 0 Å². The maximum atomic E-state index is 10.5. The second-order valence-corrected chi connectivity index (χ2v) is 2.48. The topological polar surface area (TPSA) is 66.8 Å². The molecule has 4 heteroatoms. The van der Waals surface area contributed by atoms with E-state index in [1.807, 2.05) is 0 Å². The van der Waals surface area contributed by atoms with Crippen molar-refractivity contribution in [3.8, 4) is 0 Å². The number of hydrogen-bond donors (Lipinski definition) is 2. The second kappa shape index (κ2) is 13.9. The molecular formula is C9H20O4. The van der Waals surface area contributed by atoms with E-state index >= 15 is 0 Å². The number of ether oxygens (including phenoxy) is 1. The van der Waals surface area contributed by atoms with Crippen molar-refractivity contribution >= 4 is 5.97 Å². The first-order chi connectivity index (χ1) is 6.22. The zero-order valence-electron chi connectivity index (χ0n) is 8.45. The molecule has 0 saturated carbocycles. The SMILES string of the molecule is CCCCCC(=O)OC.OCCO. The van der Waals surface area contributed by atoms with E-state index in [9.17, 15) is 4.79 Å². The molecule has 0 saturated heterocycles. The maximum Gasteiger partial charge on any atom is 0.305 e. The predicted molar refractivity (Wildman–Crippen MR) is 50.3 cm³/mol. The first-order valence-corrected chi connectivity index (χ1v) is 4.51. The molecule has 0 unspecified atom stereocenters. The standard InChI is InChI=1S/C7H14O2.C2H6O2/c1-3-4-5-6-7(8)9-2;3-1-2-4/h3-6H2,1-2H3;3-4H,1-2H2. The zero-order chi connectivity index (χ0) is 10.5. The molecule has 13 heavy (non-hydrogen) atoms. The van der Waals surface area contributed by atoms with Crippen molar-refractivity contribution in [2.75, 3.05) is 20.3 Å². The molecule has 0 aromatic heterocycles. The normalized spacial score (nSPS) is 8.62. The van der Waals surface area contributed by atoms with Crippen molar-refractivity contribution < 1.29 is 19.7 Å². The van der Waals surface area contributed by atoms with Gasteiger partial charge in [0.2, 0.25) is 0 Å². The summed E-state index contributed by atoms with van der Waals surface area (Å²) in [5.74, 6) is -0.0940. The minimum Gasteiger partial charge on any atom is -0.469 e. The molecule has 80 valence electrons. The van der Waals surface area contributed by atoms with Gasteiger partial charge in [0, 0.05) is 6.42 Å². The van der Waals surface area contributed by atoms with E-state index in [-0.39, 0.29) is 19.2 Å². The van der Waals surface area contributed by atoms with Crippen molar-refractivity contribution in [3.05, 3.63) is 0 Å². The molecular weight excluding hydrogens is 172 g/mol. The summed E-state index contributed by atoms with van der Waals surface area (Å²) in [7, 11) is 1.42. The van der Waals surface area contributed by atoms with Crippen LogP contribution >= 0.6 is 0 Å². The van der Waals surface area contributed by atoms with Gasteiger partial charge in [-0.15, -0.1) is 0 Å². The average molecular weight is 192 g/mol. The fourth-order valence-electron chi connectivity index (χ4n) is 0.621. The van der Waals surface area contributed by atoms with Crippen molar-refractivity contribution in [2.24, 2.45) is 0 Å². The fourth-order valence-corrected chi connectivity index (χ4v) is 0.621. The van der Waals surface area contributed by atoms with Crippen molar-refractivity contribution in [2.45, 2.75) is 32.6 Å². The Morgan fingerprint density at radius 2 is 1.77 bits per heavy atom. The molecule has 0 atom stereocenters. The van der Waals surface area contributed by atoms with Gasteiger partial charge in [0.25, 0.3) is 0 Å². The van der Waals surface area contributed by atoms with E-state index in [1.54, 1.807) is 0 Å². The molecule has 0 fully saturated rings. The number of unbranched alkanes of at least 4 members (excludes halogenated alkanes) is 2. The van der Waals surface area contributed by atoms with Crippen LogP contribution in [0, 0.1) is 0 Å². The number of aliphatic hydroxyl groups is 2. The summed E-state index contributed by atoms with van der Waals surface area (Å²) in [6.45, 7) is 1.86. The Balaban J connectivity index is 0. The van der Waals surface area contributed by atoms with Crippen LogP contribution in [0.15, 0.2) is 0 Å². The molecule has 0 aliphatic carbocycles. The molecule has 0 bridgehead atoms. The Bertz CT molecular complexity index is 102. The van der Waals surface area contributed by atoms with Crippen LogP contribution in [0.1, 0.15) is 32.6 Å². The van der Waals surface area contributed by atoms with Gasteiger partial charge in [0.15, 0.2) is 0 Å². The Labute approximate surface area is 79.5 Å². The van der Waals surface area contributed by atoms with Crippen molar-refractivity contribution in [3.63, 3.8) is 0 Å². The summed E-state index contributed by atoms with van der Waals surface area (Å²) < 4.78 is 4.46. The Hall–Kier alpha value is -0.610. The van der Waals surface area contributed by atoms with E-state index < -0.39 is 0 Å². The number of carbonyl (C=O) groups is 1. The van der Waals surface area contributed by atoms with Crippen LogP contribution in [0.5, 0.6) is 0 Å². The van der Waals surface area contributed by atoms with Crippen LogP contribution in [0.2, 0.25) is 0 Å². The Morgan fingerprint density at radius 1 is 1.23 bits per heavy atom. The highest BCUT2D eigenvalue weighted by molar-refractivity contribution is 5.68. The van der Waals surface area contributed by atoms with Gasteiger partial charge in [0.1, 0.15) is 0 Å². The van der Waals surface area contributed by atoms with Gasteiger partial charge in [-0.2, -0.15) is 0 Å². The van der Waals surface area contributed by atoms with Gasteiger partial charge < -0.3 is 14.9 Å². The number of hydrogen-bond acceptors (Lipinski definition) is 4. The first-order valence-electron chi connectivity index (χ1n) is 4.51. The van der Waals surface area contributed by atoms with E-state index in [1.165, 1.54) is 7.11 Å². The Kier molecular flexibility index (Phi) is 16.0. The predicted octanol–water partition coefficient (Wildman–Crippen LogP) is 0.711. The molecule has 0 aromatic rings. The van der Waals surface area contributed by atoms with E-state index in [0.717, 1.165) is 19.3 Å². The highest BCUT2D eigenvalue weighted by Gasteiger charge is 1.96. The molecule has 0 aromatic carbocycles. The fraction of sp³-hybridized carbons (Fsp3) is 0.889. The molecule has 0 amide bonds. The van der Waals surface area contributed by atoms with E-state index in [2.05, 4.69) is 11.7 Å². The lowest BCUT2D eigenvalue weighted by molar-refractivity contribution is -0.140. The highest BCUT2D eigenvalue weighted by Crippen LogP contribution is 1.98. The van der Waals surface area contributed by atoms with Gasteiger partial charge in [-0.3, -0.25) is 4.79 Å². The third kappa shape index (κ3) is 18.4. The second-order valence-electron chi connectivity index (χ2n) is 2.48. The summed E-state index contributed by atoms with van der Waals surface area (Å²) in [6.07, 6.45) is 3.81. The molecule has 0 spiro atoms. The molecule has 2 N–H and O–H groups in total. The van der Waals surface area contributed by atoms with Crippen LogP contribution in [0.4, 0.5) is 0 Å². The molecule has 0 radical (unpaired) electrons. The molecule has 4 nitrogen and oxygen atoms in total. The number of rotatable bonds is 5. The van der Waals surface area contributed by atoms with Crippen LogP contribution in [0.25, 0.3) is 0 Å². The molecule has 0 heterocycles. The van der Waals surface area contributed by atoms with E-state index in [0.29, 0.717) is 6.42 Å². The van der Waals surface area contributed by atoms with Gasteiger partial charge in [0.05, 0.1) is 20.3 Å². The number of carbonyl (C=O) groups excluding carboxylic acids is 1. The highest BCUT2D eigenvalue weighted by atomic mass is 16.5. The number of aliphatic hydroxyl groups excluding tert-OH is 2. The average Bonchev–Trinajstić information content (AvgIpc) is 2.18. The number of esters is 1. The maximum absolute atomic E-state index is 10.5. The smallest absolute Gasteiger partial charge is 0.305 e. The summed E-state index contributed by atoms with van der Waals surface area (Å²) in [5, 5.41) is 15.2.